The van der Waals surface area contributed by atoms with Crippen LogP contribution in [0.3, 0.4) is 0 Å². The number of hydrogen-bond donors (Lipinski definition) is 2. The van der Waals surface area contributed by atoms with E-state index in [1.54, 1.807) is 28.0 Å². The largest absolute Gasteiger partial charge is 0.493 e. The second kappa shape index (κ2) is 11.2. The van der Waals surface area contributed by atoms with E-state index in [-0.39, 0.29) is 36.6 Å². The van der Waals surface area contributed by atoms with Crippen molar-refractivity contribution in [2.24, 2.45) is 4.99 Å². The van der Waals surface area contributed by atoms with Crippen LogP contribution in [0.5, 0.6) is 11.5 Å². The first-order chi connectivity index (χ1) is 13.2. The molecule has 0 aliphatic heterocycles. The van der Waals surface area contributed by atoms with E-state index in [0.717, 1.165) is 24.2 Å². The molecular formula is C20H34IN3O4S. The van der Waals surface area contributed by atoms with Crippen LogP contribution >= 0.6 is 24.0 Å². The molecular weight excluding hydrogens is 505 g/mol. The van der Waals surface area contributed by atoms with Crippen LogP contribution in [0.25, 0.3) is 0 Å². The molecule has 0 unspecified atom stereocenters. The van der Waals surface area contributed by atoms with Gasteiger partial charge in [0.05, 0.1) is 18.0 Å². The van der Waals surface area contributed by atoms with E-state index in [9.17, 15) is 8.42 Å². The summed E-state index contributed by atoms with van der Waals surface area (Å²) in [5.41, 5.74) is 0.969. The van der Waals surface area contributed by atoms with Crippen molar-refractivity contribution in [2.45, 2.75) is 56.9 Å². The number of methoxy groups -OCH3 is 1. The van der Waals surface area contributed by atoms with Gasteiger partial charge in [-0.15, -0.1) is 24.0 Å². The molecule has 2 N–H and O–H groups in total. The van der Waals surface area contributed by atoms with Gasteiger partial charge in [-0.3, -0.25) is 4.99 Å². The minimum Gasteiger partial charge on any atom is -0.493 e. The van der Waals surface area contributed by atoms with Gasteiger partial charge in [-0.1, -0.05) is 12.1 Å². The Labute approximate surface area is 192 Å². The van der Waals surface area contributed by atoms with Gasteiger partial charge in [0, 0.05) is 32.0 Å². The fraction of sp³-hybridized carbons (Fsp3) is 0.650. The lowest BCUT2D eigenvalue weighted by Crippen LogP contribution is -2.47. The number of rotatable bonds is 8. The molecule has 0 bridgehead atoms. The molecule has 1 aliphatic carbocycles. The van der Waals surface area contributed by atoms with Crippen LogP contribution in [-0.4, -0.2) is 52.2 Å². The molecule has 0 radical (unpaired) electrons. The van der Waals surface area contributed by atoms with Crippen LogP contribution in [-0.2, 0) is 16.4 Å². The maximum Gasteiger partial charge on any atom is 0.191 e. The summed E-state index contributed by atoms with van der Waals surface area (Å²) in [5, 5.41) is 6.33. The predicted molar refractivity (Wildman–Crippen MR) is 128 cm³/mol. The molecule has 9 heteroatoms. The van der Waals surface area contributed by atoms with Crippen molar-refractivity contribution in [2.75, 3.05) is 27.0 Å². The van der Waals surface area contributed by atoms with Crippen LogP contribution in [0.15, 0.2) is 23.2 Å². The molecule has 0 amide bonds. The predicted octanol–water partition coefficient (Wildman–Crippen LogP) is 3.12. The second-order valence-corrected chi connectivity index (χ2v) is 10.4. The minimum absolute atomic E-state index is 0. The Bertz CT molecular complexity index is 791. The maximum atomic E-state index is 11.9. The summed E-state index contributed by atoms with van der Waals surface area (Å²) in [4.78, 5) is 4.19. The molecule has 1 aromatic rings. The van der Waals surface area contributed by atoms with Gasteiger partial charge in [-0.2, -0.15) is 0 Å². The average molecular weight is 539 g/mol. The molecule has 1 aromatic carbocycles. The molecule has 0 saturated heterocycles. The Morgan fingerprint density at radius 1 is 1.24 bits per heavy atom. The number of guanidine groups is 1. The molecule has 0 heterocycles. The van der Waals surface area contributed by atoms with Crippen LogP contribution < -0.4 is 20.1 Å². The highest BCUT2D eigenvalue weighted by Gasteiger charge is 2.30. The molecule has 166 valence electrons. The monoisotopic (exact) mass is 539 g/mol. The Balaban J connectivity index is 0.00000420. The quantitative estimate of drug-likeness (QED) is 0.300. The van der Waals surface area contributed by atoms with E-state index in [2.05, 4.69) is 15.6 Å². The third-order valence-electron chi connectivity index (χ3n) is 5.22. The molecule has 1 saturated carbocycles. The standard InChI is InChI=1S/C20H33N3O4S.HI/c1-20(2,28(5,24)25)14-23-19(21-3)22-13-15-9-8-12-17(26-4)18(15)27-16-10-6-7-11-16;/h8-9,12,16H,6-7,10-11,13-14H2,1-5H3,(H2,21,22,23);1H. The van der Waals surface area contributed by atoms with Crippen molar-refractivity contribution in [3.8, 4) is 11.5 Å². The highest BCUT2D eigenvalue weighted by molar-refractivity contribution is 14.0. The molecule has 1 fully saturated rings. The van der Waals surface area contributed by atoms with Gasteiger partial charge in [0.15, 0.2) is 27.3 Å². The number of benzene rings is 1. The molecule has 2 rings (SSSR count). The molecule has 0 spiro atoms. The summed E-state index contributed by atoms with van der Waals surface area (Å²) in [6.07, 6.45) is 5.99. The number of ether oxygens (including phenoxy) is 2. The molecule has 29 heavy (non-hydrogen) atoms. The lowest BCUT2D eigenvalue weighted by molar-refractivity contribution is 0.198. The zero-order valence-electron chi connectivity index (χ0n) is 17.9. The average Bonchev–Trinajstić information content (AvgIpc) is 3.15. The van der Waals surface area contributed by atoms with Crippen molar-refractivity contribution in [3.63, 3.8) is 0 Å². The van der Waals surface area contributed by atoms with Gasteiger partial charge < -0.3 is 20.1 Å². The summed E-state index contributed by atoms with van der Waals surface area (Å²) in [5.74, 6) is 2.01. The van der Waals surface area contributed by atoms with E-state index in [4.69, 9.17) is 9.47 Å². The molecule has 0 atom stereocenters. The van der Waals surface area contributed by atoms with Crippen LogP contribution in [0.1, 0.15) is 45.1 Å². The SMILES string of the molecule is CN=C(NCc1cccc(OC)c1OC1CCCC1)NCC(C)(C)S(C)(=O)=O.I. The first-order valence-corrected chi connectivity index (χ1v) is 11.5. The Morgan fingerprint density at radius 3 is 2.45 bits per heavy atom. The number of nitrogens with zero attached hydrogens (tertiary/aromatic N) is 1. The zero-order valence-corrected chi connectivity index (χ0v) is 21.1. The van der Waals surface area contributed by atoms with Gasteiger partial charge in [0.2, 0.25) is 0 Å². The van der Waals surface area contributed by atoms with E-state index >= 15 is 0 Å². The fourth-order valence-corrected chi connectivity index (χ4v) is 3.33. The smallest absolute Gasteiger partial charge is 0.191 e. The van der Waals surface area contributed by atoms with Crippen molar-refractivity contribution in [1.82, 2.24) is 10.6 Å². The van der Waals surface area contributed by atoms with E-state index in [1.807, 2.05) is 18.2 Å². The number of para-hydroxylation sites is 1. The first kappa shape index (κ1) is 25.8. The van der Waals surface area contributed by atoms with Gasteiger partial charge in [-0.05, 0) is 45.6 Å². The summed E-state index contributed by atoms with van der Waals surface area (Å²) < 4.78 is 34.6. The third-order valence-corrected chi connectivity index (χ3v) is 7.37. The number of sulfone groups is 1. The van der Waals surface area contributed by atoms with Crippen LogP contribution in [0, 0.1) is 0 Å². The van der Waals surface area contributed by atoms with Crippen LogP contribution in [0.2, 0.25) is 0 Å². The van der Waals surface area contributed by atoms with Crippen molar-refractivity contribution in [3.05, 3.63) is 23.8 Å². The Hall–Kier alpha value is -1.23. The number of nitrogens with one attached hydrogen (secondary N) is 2. The van der Waals surface area contributed by atoms with E-state index < -0.39 is 14.6 Å². The summed E-state index contributed by atoms with van der Waals surface area (Å²) in [6.45, 7) is 4.13. The van der Waals surface area contributed by atoms with Crippen molar-refractivity contribution >= 4 is 39.8 Å². The molecule has 0 aromatic heterocycles. The van der Waals surface area contributed by atoms with Gasteiger partial charge >= 0.3 is 0 Å². The zero-order chi connectivity index (χ0) is 20.8. The highest BCUT2D eigenvalue weighted by Crippen LogP contribution is 2.34. The summed E-state index contributed by atoms with van der Waals surface area (Å²) in [7, 11) is 0.113. The lowest BCUT2D eigenvalue weighted by atomic mass is 10.1. The van der Waals surface area contributed by atoms with Gasteiger partial charge in [0.25, 0.3) is 0 Å². The lowest BCUT2D eigenvalue weighted by Gasteiger charge is -2.24. The minimum atomic E-state index is -3.18. The normalized spacial score (nSPS) is 15.6. The van der Waals surface area contributed by atoms with Gasteiger partial charge in [0.1, 0.15) is 0 Å². The fourth-order valence-electron chi connectivity index (χ4n) is 3.00. The number of halogens is 1. The van der Waals surface area contributed by atoms with Gasteiger partial charge in [-0.25, -0.2) is 8.42 Å². The highest BCUT2D eigenvalue weighted by atomic mass is 127. The molecule has 1 aliphatic rings. The third kappa shape index (κ3) is 7.20. The summed E-state index contributed by atoms with van der Waals surface area (Å²) >= 11 is 0. The first-order valence-electron chi connectivity index (χ1n) is 9.64. The van der Waals surface area contributed by atoms with Crippen molar-refractivity contribution in [1.29, 1.82) is 0 Å². The van der Waals surface area contributed by atoms with E-state index in [0.29, 0.717) is 18.3 Å². The Kier molecular flexibility index (Phi) is 10.0. The van der Waals surface area contributed by atoms with E-state index in [1.165, 1.54) is 19.1 Å². The Morgan fingerprint density at radius 2 is 1.90 bits per heavy atom. The maximum absolute atomic E-state index is 11.9. The number of hydrogen-bond acceptors (Lipinski definition) is 5. The molecule has 7 nitrogen and oxygen atoms in total. The summed E-state index contributed by atoms with van der Waals surface area (Å²) in [6, 6.07) is 5.82. The topological polar surface area (TPSA) is 89.0 Å². The van der Waals surface area contributed by atoms with Crippen molar-refractivity contribution < 1.29 is 17.9 Å². The number of aliphatic imine (C=N–C) groups is 1. The second-order valence-electron chi connectivity index (χ2n) is 7.78. The van der Waals surface area contributed by atoms with Crippen LogP contribution in [0.4, 0.5) is 0 Å².